The van der Waals surface area contributed by atoms with Crippen molar-refractivity contribution < 1.29 is 14.3 Å². The third-order valence-electron chi connectivity index (χ3n) is 2.95. The summed E-state index contributed by atoms with van der Waals surface area (Å²) in [6.07, 6.45) is 2.23. The van der Waals surface area contributed by atoms with Crippen LogP contribution in [0.15, 0.2) is 0 Å². The molecule has 0 N–H and O–H groups in total. The van der Waals surface area contributed by atoms with Crippen molar-refractivity contribution in [2.24, 2.45) is 5.92 Å². The summed E-state index contributed by atoms with van der Waals surface area (Å²) in [6.45, 7) is 9.43. The number of imide groups is 1. The number of carbonyl (C=O) groups is 2. The highest BCUT2D eigenvalue weighted by molar-refractivity contribution is 5.96. The average Bonchev–Trinajstić information content (AvgIpc) is 2.77. The number of rotatable bonds is 0. The molecule has 4 nitrogen and oxygen atoms in total. The molecule has 2 aliphatic rings. The van der Waals surface area contributed by atoms with E-state index in [4.69, 9.17) is 4.74 Å². The van der Waals surface area contributed by atoms with E-state index in [2.05, 4.69) is 0 Å². The Hall–Kier alpha value is -1.06. The lowest BCUT2D eigenvalue weighted by atomic mass is 10.1. The van der Waals surface area contributed by atoms with E-state index in [-0.39, 0.29) is 17.9 Å². The lowest BCUT2D eigenvalue weighted by molar-refractivity contribution is -0.133. The van der Waals surface area contributed by atoms with Gasteiger partial charge in [0.2, 0.25) is 5.91 Å². The van der Waals surface area contributed by atoms with Crippen molar-refractivity contribution >= 4 is 12.0 Å². The number of piperidine rings is 1. The molecule has 0 radical (unpaired) electrons. The van der Waals surface area contributed by atoms with Gasteiger partial charge in [-0.2, -0.15) is 0 Å². The van der Waals surface area contributed by atoms with Crippen molar-refractivity contribution in [3.8, 4) is 0 Å². The van der Waals surface area contributed by atoms with Crippen molar-refractivity contribution in [2.75, 3.05) is 0 Å². The number of hydrogen-bond donors (Lipinski definition) is 0. The van der Waals surface area contributed by atoms with Crippen molar-refractivity contribution in [2.45, 2.75) is 65.5 Å². The summed E-state index contributed by atoms with van der Waals surface area (Å²) in [6, 6.07) is 0.0948. The van der Waals surface area contributed by atoms with Crippen molar-refractivity contribution in [1.29, 1.82) is 0 Å². The molecule has 2 amide bonds. The number of fused-ring (bicyclic) bond motifs is 2. The standard InChI is InChI=1S/C11H17NO3.C2H6/c1-11(2,3)15-10(14)12-8-5-4-7(6-8)9(12)13;1-2/h7-8H,4-6H2,1-3H3;1-2H3. The van der Waals surface area contributed by atoms with Crippen molar-refractivity contribution in [3.05, 3.63) is 0 Å². The molecular weight excluding hydrogens is 218 g/mol. The minimum atomic E-state index is -0.529. The van der Waals surface area contributed by atoms with E-state index in [1.807, 2.05) is 34.6 Å². The molecule has 2 unspecified atom stereocenters. The third-order valence-corrected chi connectivity index (χ3v) is 2.95. The maximum absolute atomic E-state index is 11.7. The molecule has 1 heterocycles. The van der Waals surface area contributed by atoms with Crippen LogP contribution in [0, 0.1) is 5.92 Å². The first kappa shape index (κ1) is 14.0. The fourth-order valence-corrected chi connectivity index (χ4v) is 2.34. The summed E-state index contributed by atoms with van der Waals surface area (Å²) >= 11 is 0. The summed E-state index contributed by atoms with van der Waals surface area (Å²) in [5, 5.41) is 0. The van der Waals surface area contributed by atoms with E-state index in [1.54, 1.807) is 0 Å². The van der Waals surface area contributed by atoms with Crippen LogP contribution in [0.4, 0.5) is 4.79 Å². The van der Waals surface area contributed by atoms with Gasteiger partial charge in [-0.1, -0.05) is 13.8 Å². The van der Waals surface area contributed by atoms with Gasteiger partial charge in [-0.25, -0.2) is 9.69 Å². The Balaban J connectivity index is 0.000000686. The van der Waals surface area contributed by atoms with Crippen LogP contribution in [0.1, 0.15) is 53.9 Å². The summed E-state index contributed by atoms with van der Waals surface area (Å²) in [5.41, 5.74) is -0.529. The van der Waals surface area contributed by atoms with Crippen molar-refractivity contribution in [3.63, 3.8) is 0 Å². The molecule has 1 saturated carbocycles. The van der Waals surface area contributed by atoms with Gasteiger partial charge >= 0.3 is 6.09 Å². The van der Waals surface area contributed by atoms with E-state index < -0.39 is 11.7 Å². The maximum atomic E-state index is 11.7. The molecule has 2 fully saturated rings. The molecule has 4 heteroatoms. The Morgan fingerprint density at radius 3 is 2.29 bits per heavy atom. The number of hydrogen-bond acceptors (Lipinski definition) is 3. The first-order valence-corrected chi connectivity index (χ1v) is 6.44. The topological polar surface area (TPSA) is 46.6 Å². The highest BCUT2D eigenvalue weighted by Gasteiger charge is 2.48. The molecule has 98 valence electrons. The first-order valence-electron chi connectivity index (χ1n) is 6.44. The van der Waals surface area contributed by atoms with Crippen LogP contribution in [0.2, 0.25) is 0 Å². The zero-order valence-electron chi connectivity index (χ0n) is 11.4. The van der Waals surface area contributed by atoms with Crippen LogP contribution in [0.25, 0.3) is 0 Å². The van der Waals surface area contributed by atoms with Gasteiger partial charge in [0.1, 0.15) is 5.60 Å². The van der Waals surface area contributed by atoms with Gasteiger partial charge in [0.15, 0.2) is 0 Å². The minimum absolute atomic E-state index is 0.0412. The third kappa shape index (κ3) is 2.99. The van der Waals surface area contributed by atoms with E-state index in [1.165, 1.54) is 4.90 Å². The van der Waals surface area contributed by atoms with Crippen molar-refractivity contribution in [1.82, 2.24) is 4.90 Å². The monoisotopic (exact) mass is 241 g/mol. The van der Waals surface area contributed by atoms with Crippen LogP contribution in [-0.4, -0.2) is 28.5 Å². The Bertz CT molecular complexity index is 306. The maximum Gasteiger partial charge on any atom is 0.417 e. The second-order valence-corrected chi connectivity index (χ2v) is 5.35. The van der Waals surface area contributed by atoms with Gasteiger partial charge in [0.05, 0.1) is 0 Å². The van der Waals surface area contributed by atoms with E-state index in [0.29, 0.717) is 0 Å². The average molecular weight is 241 g/mol. The second kappa shape index (κ2) is 5.07. The number of amides is 2. The zero-order chi connectivity index (χ0) is 13.2. The van der Waals surface area contributed by atoms with Gasteiger partial charge < -0.3 is 4.74 Å². The molecule has 1 aliphatic heterocycles. The SMILES string of the molecule is CC.CC(C)(C)OC(=O)N1C(=O)C2CCC1C2. The fraction of sp³-hybridized carbons (Fsp3) is 0.846. The van der Waals surface area contributed by atoms with E-state index in [0.717, 1.165) is 19.3 Å². The molecule has 2 bridgehead atoms. The Kier molecular flexibility index (Phi) is 4.17. The van der Waals surface area contributed by atoms with E-state index >= 15 is 0 Å². The zero-order valence-corrected chi connectivity index (χ0v) is 11.4. The molecule has 2 atom stereocenters. The normalized spacial score (nSPS) is 26.6. The fourth-order valence-electron chi connectivity index (χ4n) is 2.34. The number of ether oxygens (including phenoxy) is 1. The summed E-state index contributed by atoms with van der Waals surface area (Å²) in [7, 11) is 0. The largest absolute Gasteiger partial charge is 0.443 e. The van der Waals surface area contributed by atoms with Crippen LogP contribution in [0.5, 0.6) is 0 Å². The van der Waals surface area contributed by atoms with Crippen LogP contribution < -0.4 is 0 Å². The van der Waals surface area contributed by atoms with Gasteiger partial charge in [-0.05, 0) is 40.0 Å². The molecule has 2 rings (SSSR count). The first-order chi connectivity index (χ1) is 7.88. The predicted octanol–water partition coefficient (Wildman–Crippen LogP) is 2.96. The Morgan fingerprint density at radius 1 is 1.29 bits per heavy atom. The molecule has 1 saturated heterocycles. The van der Waals surface area contributed by atoms with Gasteiger partial charge in [-0.15, -0.1) is 0 Å². The quantitative estimate of drug-likeness (QED) is 0.655. The smallest absolute Gasteiger partial charge is 0.417 e. The number of nitrogens with zero attached hydrogens (tertiary/aromatic N) is 1. The van der Waals surface area contributed by atoms with E-state index in [9.17, 15) is 9.59 Å². The Morgan fingerprint density at radius 2 is 1.88 bits per heavy atom. The molecule has 1 aliphatic carbocycles. The van der Waals surface area contributed by atoms with Crippen LogP contribution in [0.3, 0.4) is 0 Å². The van der Waals surface area contributed by atoms with Gasteiger partial charge in [0, 0.05) is 12.0 Å². The lowest BCUT2D eigenvalue weighted by Crippen LogP contribution is -2.44. The predicted molar refractivity (Wildman–Crippen MR) is 65.6 cm³/mol. The second-order valence-electron chi connectivity index (χ2n) is 5.35. The molecule has 0 aromatic heterocycles. The molecule has 0 aromatic carbocycles. The van der Waals surface area contributed by atoms with Gasteiger partial charge in [-0.3, -0.25) is 4.79 Å². The number of carbonyl (C=O) groups excluding carboxylic acids is 2. The van der Waals surface area contributed by atoms with Crippen LogP contribution >= 0.6 is 0 Å². The highest BCUT2D eigenvalue weighted by atomic mass is 16.6. The summed E-state index contributed by atoms with van der Waals surface area (Å²) < 4.78 is 5.21. The van der Waals surface area contributed by atoms with Gasteiger partial charge in [0.25, 0.3) is 0 Å². The Labute approximate surface area is 103 Å². The number of likely N-dealkylation sites (tertiary alicyclic amines) is 1. The van der Waals surface area contributed by atoms with Crippen LogP contribution in [-0.2, 0) is 9.53 Å². The summed E-state index contributed by atoms with van der Waals surface area (Å²) in [4.78, 5) is 24.8. The summed E-state index contributed by atoms with van der Waals surface area (Å²) in [5.74, 6) is 0.0306. The molecular formula is C13H23NO3. The molecule has 17 heavy (non-hydrogen) atoms. The highest BCUT2D eigenvalue weighted by Crippen LogP contribution is 2.39. The molecule has 0 spiro atoms. The lowest BCUT2D eigenvalue weighted by Gasteiger charge is -2.28. The molecule has 0 aromatic rings. The minimum Gasteiger partial charge on any atom is -0.443 e.